The first-order chi connectivity index (χ1) is 14.0. The van der Waals surface area contributed by atoms with Crippen molar-refractivity contribution in [2.45, 2.75) is 39.7 Å². The van der Waals surface area contributed by atoms with Gasteiger partial charge in [0.1, 0.15) is 17.3 Å². The minimum atomic E-state index is -0.476. The van der Waals surface area contributed by atoms with E-state index >= 15 is 0 Å². The number of aromatic amines is 1. The third-order valence-corrected chi connectivity index (χ3v) is 4.78. The summed E-state index contributed by atoms with van der Waals surface area (Å²) in [5.74, 6) is 1.11. The lowest BCUT2D eigenvalue weighted by Gasteiger charge is -2.09. The Morgan fingerprint density at radius 3 is 2.59 bits per heavy atom. The molecular weight excluding hydrogens is 367 g/mol. The van der Waals surface area contributed by atoms with Gasteiger partial charge in [0.2, 0.25) is 5.95 Å². The molecule has 0 aliphatic carbocycles. The van der Waals surface area contributed by atoms with Crippen LogP contribution in [0, 0.1) is 12.9 Å². The second-order valence-electron chi connectivity index (χ2n) is 7.50. The van der Waals surface area contributed by atoms with Gasteiger partial charge in [0.15, 0.2) is 0 Å². The number of nitrogens with zero attached hydrogens (tertiary/aromatic N) is 4. The van der Waals surface area contributed by atoms with Crippen molar-refractivity contribution in [1.82, 2.24) is 24.9 Å². The first-order valence-corrected chi connectivity index (χ1v) is 9.62. The summed E-state index contributed by atoms with van der Waals surface area (Å²) in [6, 6.07) is 5.62. The minimum absolute atomic E-state index is 0.289. The maximum absolute atomic E-state index is 14.6. The van der Waals surface area contributed by atoms with Crippen LogP contribution in [0.2, 0.25) is 0 Å². The zero-order chi connectivity index (χ0) is 20.4. The summed E-state index contributed by atoms with van der Waals surface area (Å²) in [6.07, 6.45) is 7.71. The first kappa shape index (κ1) is 19.0. The molecule has 0 fully saturated rings. The van der Waals surface area contributed by atoms with Crippen LogP contribution in [0.4, 0.5) is 10.2 Å². The van der Waals surface area contributed by atoms with E-state index in [0.717, 1.165) is 33.5 Å². The molecule has 29 heavy (non-hydrogen) atoms. The molecule has 4 heterocycles. The van der Waals surface area contributed by atoms with E-state index in [1.807, 2.05) is 19.3 Å². The van der Waals surface area contributed by atoms with E-state index in [0.29, 0.717) is 24.3 Å². The molecule has 7 heteroatoms. The van der Waals surface area contributed by atoms with Crippen LogP contribution in [-0.4, -0.2) is 24.9 Å². The molecule has 0 atom stereocenters. The Morgan fingerprint density at radius 2 is 1.86 bits per heavy atom. The number of aromatic nitrogens is 5. The standard InChI is InChI=1S/C22H23FN6/c1-13(2)21-26-10-15(11-27-21)9-24-19-5-4-16(20(23)29-19)7-17-12-28-22-18(17)6-14(3)8-25-22/h4-6,8,10-13H,7,9H2,1-3H3,(H,24,29)(H,25,28). The van der Waals surface area contributed by atoms with Crippen molar-refractivity contribution in [2.75, 3.05) is 5.32 Å². The third kappa shape index (κ3) is 4.23. The lowest BCUT2D eigenvalue weighted by molar-refractivity contribution is 0.571. The molecular formula is C22H23FN6. The van der Waals surface area contributed by atoms with Gasteiger partial charge in [0.05, 0.1) is 0 Å². The Morgan fingerprint density at radius 1 is 1.07 bits per heavy atom. The molecule has 0 bridgehead atoms. The number of anilines is 1. The summed E-state index contributed by atoms with van der Waals surface area (Å²) in [6.45, 7) is 6.58. The van der Waals surface area contributed by atoms with Crippen LogP contribution >= 0.6 is 0 Å². The van der Waals surface area contributed by atoms with Gasteiger partial charge in [-0.3, -0.25) is 0 Å². The van der Waals surface area contributed by atoms with Gasteiger partial charge in [-0.25, -0.2) is 19.9 Å². The number of hydrogen-bond acceptors (Lipinski definition) is 5. The molecule has 148 valence electrons. The number of nitrogens with one attached hydrogen (secondary N) is 2. The van der Waals surface area contributed by atoms with E-state index in [1.54, 1.807) is 24.5 Å². The summed E-state index contributed by atoms with van der Waals surface area (Å²) < 4.78 is 14.6. The van der Waals surface area contributed by atoms with Crippen molar-refractivity contribution < 1.29 is 4.39 Å². The Labute approximate surface area is 168 Å². The Hall–Kier alpha value is -3.35. The number of pyridine rings is 2. The largest absolute Gasteiger partial charge is 0.366 e. The maximum atomic E-state index is 14.6. The van der Waals surface area contributed by atoms with Gasteiger partial charge in [-0.2, -0.15) is 4.39 Å². The van der Waals surface area contributed by atoms with Gasteiger partial charge >= 0.3 is 0 Å². The Kier molecular flexibility index (Phi) is 5.20. The average molecular weight is 390 g/mol. The second kappa shape index (κ2) is 7.95. The number of hydrogen-bond donors (Lipinski definition) is 2. The highest BCUT2D eigenvalue weighted by Crippen LogP contribution is 2.22. The van der Waals surface area contributed by atoms with Crippen LogP contribution in [0.1, 0.15) is 47.8 Å². The molecule has 6 nitrogen and oxygen atoms in total. The van der Waals surface area contributed by atoms with Crippen LogP contribution in [0.5, 0.6) is 0 Å². The van der Waals surface area contributed by atoms with E-state index in [1.165, 1.54) is 0 Å². The second-order valence-corrected chi connectivity index (χ2v) is 7.50. The Bertz CT molecular complexity index is 1130. The molecule has 4 aromatic heterocycles. The number of H-pyrrole nitrogens is 1. The number of rotatable bonds is 6. The summed E-state index contributed by atoms with van der Waals surface area (Å²) in [5, 5.41) is 4.14. The molecule has 0 aromatic carbocycles. The zero-order valence-electron chi connectivity index (χ0n) is 16.7. The van der Waals surface area contributed by atoms with E-state index in [9.17, 15) is 4.39 Å². The quantitative estimate of drug-likeness (QED) is 0.473. The molecule has 2 N–H and O–H groups in total. The van der Waals surface area contributed by atoms with E-state index in [4.69, 9.17) is 0 Å². The van der Waals surface area contributed by atoms with Crippen molar-refractivity contribution in [3.63, 3.8) is 0 Å². The summed E-state index contributed by atoms with van der Waals surface area (Å²) >= 11 is 0. The number of fused-ring (bicyclic) bond motifs is 1. The fourth-order valence-corrected chi connectivity index (χ4v) is 3.15. The predicted molar refractivity (Wildman–Crippen MR) is 111 cm³/mol. The number of halogens is 1. The van der Waals surface area contributed by atoms with Gasteiger partial charge < -0.3 is 10.3 Å². The topological polar surface area (TPSA) is 79.4 Å². The van der Waals surface area contributed by atoms with Gasteiger partial charge in [-0.15, -0.1) is 0 Å². The zero-order valence-corrected chi connectivity index (χ0v) is 16.7. The van der Waals surface area contributed by atoms with Crippen molar-refractivity contribution in [3.05, 3.63) is 77.0 Å². The smallest absolute Gasteiger partial charge is 0.218 e. The molecule has 0 aliphatic rings. The van der Waals surface area contributed by atoms with Gasteiger partial charge in [-0.05, 0) is 30.2 Å². The normalized spacial score (nSPS) is 11.3. The van der Waals surface area contributed by atoms with Crippen molar-refractivity contribution in [2.24, 2.45) is 0 Å². The highest BCUT2D eigenvalue weighted by molar-refractivity contribution is 5.80. The van der Waals surface area contributed by atoms with Crippen LogP contribution in [-0.2, 0) is 13.0 Å². The molecule has 0 saturated carbocycles. The molecule has 0 amide bonds. The molecule has 0 radical (unpaired) electrons. The fourth-order valence-electron chi connectivity index (χ4n) is 3.15. The van der Waals surface area contributed by atoms with Gasteiger partial charge in [0, 0.05) is 60.2 Å². The van der Waals surface area contributed by atoms with Crippen LogP contribution < -0.4 is 5.32 Å². The molecule has 0 spiro atoms. The minimum Gasteiger partial charge on any atom is -0.366 e. The molecule has 0 unspecified atom stereocenters. The van der Waals surface area contributed by atoms with Crippen molar-refractivity contribution >= 4 is 16.9 Å². The van der Waals surface area contributed by atoms with Crippen LogP contribution in [0.25, 0.3) is 11.0 Å². The van der Waals surface area contributed by atoms with Crippen LogP contribution in [0.3, 0.4) is 0 Å². The van der Waals surface area contributed by atoms with Crippen molar-refractivity contribution in [1.29, 1.82) is 0 Å². The Balaban J connectivity index is 1.45. The molecule has 0 aliphatic heterocycles. The third-order valence-electron chi connectivity index (χ3n) is 4.78. The van der Waals surface area contributed by atoms with Gasteiger partial charge in [0.25, 0.3) is 0 Å². The average Bonchev–Trinajstić information content (AvgIpc) is 3.10. The lowest BCUT2D eigenvalue weighted by Crippen LogP contribution is -2.06. The number of aryl methyl sites for hydroxylation is 1. The maximum Gasteiger partial charge on any atom is 0.218 e. The van der Waals surface area contributed by atoms with E-state index in [2.05, 4.69) is 50.2 Å². The summed E-state index contributed by atoms with van der Waals surface area (Å²) in [5.41, 5.74) is 4.34. The van der Waals surface area contributed by atoms with Crippen LogP contribution in [0.15, 0.2) is 43.0 Å². The first-order valence-electron chi connectivity index (χ1n) is 9.62. The molecule has 4 aromatic rings. The molecule has 4 rings (SSSR count). The summed E-state index contributed by atoms with van der Waals surface area (Å²) in [4.78, 5) is 20.3. The fraction of sp³-hybridized carbons (Fsp3) is 0.273. The highest BCUT2D eigenvalue weighted by atomic mass is 19.1. The monoisotopic (exact) mass is 390 g/mol. The lowest BCUT2D eigenvalue weighted by atomic mass is 10.1. The van der Waals surface area contributed by atoms with Gasteiger partial charge in [-0.1, -0.05) is 19.9 Å². The molecule has 0 saturated heterocycles. The summed E-state index contributed by atoms with van der Waals surface area (Å²) in [7, 11) is 0. The highest BCUT2D eigenvalue weighted by Gasteiger charge is 2.11. The predicted octanol–water partition coefficient (Wildman–Crippen LogP) is 4.52. The SMILES string of the molecule is Cc1cnc2[nH]cc(Cc3ccc(NCc4cnc(C(C)C)nc4)nc3F)c2c1. The van der Waals surface area contributed by atoms with E-state index in [-0.39, 0.29) is 5.92 Å². The van der Waals surface area contributed by atoms with Crippen molar-refractivity contribution in [3.8, 4) is 0 Å². The van der Waals surface area contributed by atoms with E-state index < -0.39 is 5.95 Å².